The third-order valence-corrected chi connectivity index (χ3v) is 21.5. The quantitative estimate of drug-likeness (QED) is 0.128. The second-order valence-electron chi connectivity index (χ2n) is 29.9. The maximum Gasteiger partial charge on any atom is 0.0541 e. The predicted molar refractivity (Wildman–Crippen MR) is 447 cm³/mol. The molecule has 2 heteroatoms. The van der Waals surface area contributed by atoms with Crippen molar-refractivity contribution in [2.45, 2.75) is 52.4 Å². The average Bonchev–Trinajstić information content (AvgIpc) is 1.36. The monoisotopic (exact) mass is 1330 g/mol. The van der Waals surface area contributed by atoms with Crippen LogP contribution in [0.25, 0.3) is 176 Å². The van der Waals surface area contributed by atoms with Crippen LogP contribution in [0.4, 0.5) is 0 Å². The fraction of sp³-hybridized carbons (Fsp3) is 0.0784. The smallest absolute Gasteiger partial charge is 0.0541 e. The van der Waals surface area contributed by atoms with Crippen LogP contribution < -0.4 is 0 Å². The molecule has 19 rings (SSSR count). The number of hydrogen-bond donors (Lipinski definition) is 0. The Morgan fingerprint density at radius 1 is 0.163 bits per heavy atom. The third-order valence-electron chi connectivity index (χ3n) is 21.5. The summed E-state index contributed by atoms with van der Waals surface area (Å²) in [6.07, 6.45) is 0. The van der Waals surface area contributed by atoms with E-state index in [4.69, 9.17) is 0 Å². The molecule has 2 heterocycles. The van der Waals surface area contributed by atoms with Gasteiger partial charge in [-0.1, -0.05) is 345 Å². The lowest BCUT2D eigenvalue weighted by Crippen LogP contribution is -2.10. The SMILES string of the molecule is CC(C)(C)c1ccc(-c2c3ccccc3c(-c3ccc(-c4ccc5c(c4)c4ccccc4n5-c4ccccc4)cc3)c3ccccc23)cc1.CC(C)(C)c1ccc(-c2ccc(-c3c4ccccc4c(-c4ccc(-c5ccc6c(c5)c5ccccc5n6-c5ccccc5)cc4)c4ccccc34)cc2)cc1. The first-order chi connectivity index (χ1) is 50.9. The van der Waals surface area contributed by atoms with Gasteiger partial charge in [-0.15, -0.1) is 0 Å². The Balaban J connectivity index is 0.000000149. The minimum atomic E-state index is 0.117. The lowest BCUT2D eigenvalue weighted by molar-refractivity contribution is 0.590. The summed E-state index contributed by atoms with van der Waals surface area (Å²) in [4.78, 5) is 0. The lowest BCUT2D eigenvalue weighted by Gasteiger charge is -2.21. The van der Waals surface area contributed by atoms with Crippen molar-refractivity contribution in [2.24, 2.45) is 0 Å². The summed E-state index contributed by atoms with van der Waals surface area (Å²) in [5.74, 6) is 0. The molecule has 104 heavy (non-hydrogen) atoms. The minimum absolute atomic E-state index is 0.117. The molecule has 2 aromatic heterocycles. The molecule has 0 bridgehead atoms. The van der Waals surface area contributed by atoms with Gasteiger partial charge < -0.3 is 9.13 Å². The van der Waals surface area contributed by atoms with E-state index in [9.17, 15) is 0 Å². The number of fused-ring (bicyclic) bond motifs is 10. The molecule has 0 saturated heterocycles. The van der Waals surface area contributed by atoms with Crippen LogP contribution in [-0.4, -0.2) is 9.13 Å². The van der Waals surface area contributed by atoms with Crippen molar-refractivity contribution in [3.8, 4) is 89.3 Å². The van der Waals surface area contributed by atoms with E-state index in [1.807, 2.05) is 0 Å². The first-order valence-electron chi connectivity index (χ1n) is 36.5. The van der Waals surface area contributed by atoms with Crippen LogP contribution >= 0.6 is 0 Å². The zero-order valence-electron chi connectivity index (χ0n) is 59.5. The molecule has 0 N–H and O–H groups in total. The Kier molecular flexibility index (Phi) is 15.7. The van der Waals surface area contributed by atoms with E-state index in [-0.39, 0.29) is 10.8 Å². The highest BCUT2D eigenvalue weighted by Crippen LogP contribution is 2.48. The van der Waals surface area contributed by atoms with Gasteiger partial charge in [-0.2, -0.15) is 0 Å². The molecule has 2 nitrogen and oxygen atoms in total. The zero-order chi connectivity index (χ0) is 70.2. The lowest BCUT2D eigenvalue weighted by atomic mass is 9.83. The Morgan fingerprint density at radius 2 is 0.365 bits per heavy atom. The summed E-state index contributed by atoms with van der Waals surface area (Å²) in [5.41, 5.74) is 27.6. The highest BCUT2D eigenvalue weighted by molar-refractivity contribution is 6.23. The van der Waals surface area contributed by atoms with Gasteiger partial charge >= 0.3 is 0 Å². The van der Waals surface area contributed by atoms with Gasteiger partial charge in [0.25, 0.3) is 0 Å². The first-order valence-corrected chi connectivity index (χ1v) is 36.5. The second-order valence-corrected chi connectivity index (χ2v) is 29.9. The van der Waals surface area contributed by atoms with Crippen LogP contribution in [0.3, 0.4) is 0 Å². The van der Waals surface area contributed by atoms with Crippen molar-refractivity contribution < 1.29 is 0 Å². The van der Waals surface area contributed by atoms with E-state index >= 15 is 0 Å². The molecule has 0 unspecified atom stereocenters. The van der Waals surface area contributed by atoms with E-state index in [1.165, 1.54) is 187 Å². The molecule has 0 amide bonds. The molecule has 0 atom stereocenters. The standard InChI is InChI=1S/C54H41N.C48H37N/c1-54(2,3)42-32-29-37(30-33-42)36-21-25-39(26-22-36)52-45-16-7-9-18-47(45)53(48-19-10-8-17-46(48)52)40-27-23-38(24-28-40)41-31-34-51-49(35-41)44-15-11-12-20-50(44)55(51)43-13-5-4-6-14-43;1-48(2,3)36-28-25-34(26-29-36)47-41-18-9-7-16-39(41)46(40-17-8-10-19-42(40)47)33-23-21-32(22-24-33)35-27-30-45-43(31-35)38-15-11-12-20-44(38)49(45)37-13-5-4-6-14-37/h4-35H,1-3H3;4-31H,1-3H3. The predicted octanol–water partition coefficient (Wildman–Crippen LogP) is 28.4. The maximum absolute atomic E-state index is 2.37. The fourth-order valence-corrected chi connectivity index (χ4v) is 16.3. The molecule has 0 spiro atoms. The molecule has 496 valence electrons. The van der Waals surface area contributed by atoms with E-state index in [2.05, 4.69) is 415 Å². The van der Waals surface area contributed by atoms with Crippen LogP contribution in [0.15, 0.2) is 364 Å². The van der Waals surface area contributed by atoms with Crippen LogP contribution in [0.5, 0.6) is 0 Å². The molecule has 0 fully saturated rings. The largest absolute Gasteiger partial charge is 0.309 e. The summed E-state index contributed by atoms with van der Waals surface area (Å²) in [7, 11) is 0. The summed E-state index contributed by atoms with van der Waals surface area (Å²) in [5, 5.41) is 15.2. The molecule has 0 aliphatic rings. The van der Waals surface area contributed by atoms with Crippen LogP contribution in [-0.2, 0) is 10.8 Å². The van der Waals surface area contributed by atoms with Gasteiger partial charge in [0.2, 0.25) is 0 Å². The Labute approximate surface area is 608 Å². The van der Waals surface area contributed by atoms with Gasteiger partial charge in [-0.3, -0.25) is 0 Å². The van der Waals surface area contributed by atoms with Gasteiger partial charge in [-0.25, -0.2) is 0 Å². The summed E-state index contributed by atoms with van der Waals surface area (Å²) in [6.45, 7) is 13.6. The van der Waals surface area contributed by atoms with E-state index in [0.717, 1.165) is 0 Å². The molecule has 0 radical (unpaired) electrons. The molecule has 19 aromatic rings. The Hall–Kier alpha value is -12.6. The van der Waals surface area contributed by atoms with Crippen molar-refractivity contribution in [3.63, 3.8) is 0 Å². The second kappa shape index (κ2) is 25.8. The van der Waals surface area contributed by atoms with Gasteiger partial charge in [0.05, 0.1) is 22.1 Å². The molecule has 0 saturated carbocycles. The van der Waals surface area contributed by atoms with Gasteiger partial charge in [0.15, 0.2) is 0 Å². The number of nitrogens with zero attached hydrogens (tertiary/aromatic N) is 2. The summed E-state index contributed by atoms with van der Waals surface area (Å²) < 4.78 is 4.74. The Morgan fingerprint density at radius 3 is 0.644 bits per heavy atom. The minimum Gasteiger partial charge on any atom is -0.309 e. The van der Waals surface area contributed by atoms with Crippen LogP contribution in [0.1, 0.15) is 52.7 Å². The number of hydrogen-bond acceptors (Lipinski definition) is 0. The number of rotatable bonds is 9. The molecular formula is C102H78N2. The van der Waals surface area contributed by atoms with Crippen LogP contribution in [0.2, 0.25) is 0 Å². The molecule has 17 aromatic carbocycles. The molecular weight excluding hydrogens is 1250 g/mol. The highest BCUT2D eigenvalue weighted by atomic mass is 15.0. The summed E-state index contributed by atoms with van der Waals surface area (Å²) in [6, 6.07) is 134. The Bertz CT molecular complexity index is 6340. The maximum atomic E-state index is 2.37. The van der Waals surface area contributed by atoms with Crippen molar-refractivity contribution in [1.29, 1.82) is 0 Å². The average molecular weight is 1330 g/mol. The number of para-hydroxylation sites is 4. The van der Waals surface area contributed by atoms with E-state index < -0.39 is 0 Å². The van der Waals surface area contributed by atoms with Crippen molar-refractivity contribution in [1.82, 2.24) is 9.13 Å². The highest BCUT2D eigenvalue weighted by Gasteiger charge is 2.23. The number of aromatic nitrogens is 2. The normalized spacial score (nSPS) is 11.9. The first kappa shape index (κ1) is 63.5. The van der Waals surface area contributed by atoms with Gasteiger partial charge in [-0.05, 0) is 204 Å². The van der Waals surface area contributed by atoms with Gasteiger partial charge in [0, 0.05) is 32.9 Å². The molecule has 0 aliphatic heterocycles. The topological polar surface area (TPSA) is 9.86 Å². The zero-order valence-corrected chi connectivity index (χ0v) is 59.5. The molecule has 0 aliphatic carbocycles. The van der Waals surface area contributed by atoms with Crippen molar-refractivity contribution in [3.05, 3.63) is 375 Å². The summed E-state index contributed by atoms with van der Waals surface area (Å²) >= 11 is 0. The van der Waals surface area contributed by atoms with Crippen molar-refractivity contribution >= 4 is 86.7 Å². The van der Waals surface area contributed by atoms with E-state index in [0.29, 0.717) is 0 Å². The fourth-order valence-electron chi connectivity index (χ4n) is 16.3. The number of benzene rings is 17. The van der Waals surface area contributed by atoms with Crippen molar-refractivity contribution in [2.75, 3.05) is 0 Å². The van der Waals surface area contributed by atoms with E-state index in [1.54, 1.807) is 0 Å². The van der Waals surface area contributed by atoms with Crippen LogP contribution in [0, 0.1) is 0 Å². The van der Waals surface area contributed by atoms with Gasteiger partial charge in [0.1, 0.15) is 0 Å². The third kappa shape index (κ3) is 11.2.